The lowest BCUT2D eigenvalue weighted by Gasteiger charge is -2.07. The summed E-state index contributed by atoms with van der Waals surface area (Å²) < 4.78 is 13.2. The molecule has 0 bridgehead atoms. The van der Waals surface area contributed by atoms with Gasteiger partial charge in [-0.3, -0.25) is 9.59 Å². The second-order valence-corrected chi connectivity index (χ2v) is 3.83. The van der Waals surface area contributed by atoms with Crippen molar-refractivity contribution in [2.45, 2.75) is 13.3 Å². The number of carboxylic acids is 1. The number of carboxylic acid groups (broad SMARTS) is 1. The van der Waals surface area contributed by atoms with E-state index < -0.39 is 5.97 Å². The molecular weight excluding hydrogens is 239 g/mol. The molecule has 98 valence electrons. The Morgan fingerprint density at radius 2 is 2.11 bits per heavy atom. The van der Waals surface area contributed by atoms with E-state index in [4.69, 9.17) is 5.11 Å². The van der Waals surface area contributed by atoms with Crippen molar-refractivity contribution in [1.82, 2.24) is 5.32 Å². The number of anilines is 1. The summed E-state index contributed by atoms with van der Waals surface area (Å²) in [6, 6.07) is 4.42. The van der Waals surface area contributed by atoms with Crippen molar-refractivity contribution >= 4 is 17.6 Å². The fourth-order valence-electron chi connectivity index (χ4n) is 1.27. The minimum Gasteiger partial charge on any atom is -0.481 e. The third-order valence-electron chi connectivity index (χ3n) is 2.26. The number of hydrogen-bond acceptors (Lipinski definition) is 3. The highest BCUT2D eigenvalue weighted by molar-refractivity contribution is 5.92. The van der Waals surface area contributed by atoms with Crippen LogP contribution < -0.4 is 10.6 Å². The quantitative estimate of drug-likeness (QED) is 0.665. The number of amides is 1. The largest absolute Gasteiger partial charge is 0.481 e. The average molecular weight is 254 g/mol. The lowest BCUT2D eigenvalue weighted by molar-refractivity contribution is -0.137. The summed E-state index contributed by atoms with van der Waals surface area (Å²) in [4.78, 5) is 21.6. The number of carbonyl (C=O) groups is 2. The van der Waals surface area contributed by atoms with Crippen LogP contribution in [0, 0.1) is 12.7 Å². The maximum atomic E-state index is 13.2. The summed E-state index contributed by atoms with van der Waals surface area (Å²) in [7, 11) is 0. The monoisotopic (exact) mass is 254 g/mol. The molecule has 0 spiro atoms. The highest BCUT2D eigenvalue weighted by atomic mass is 19.1. The fourth-order valence-corrected chi connectivity index (χ4v) is 1.27. The molecule has 0 unspecified atom stereocenters. The zero-order chi connectivity index (χ0) is 13.5. The molecule has 3 N–H and O–H groups in total. The second-order valence-electron chi connectivity index (χ2n) is 3.83. The van der Waals surface area contributed by atoms with Gasteiger partial charge in [-0.25, -0.2) is 4.39 Å². The molecule has 0 atom stereocenters. The molecule has 0 fully saturated rings. The summed E-state index contributed by atoms with van der Waals surface area (Å²) in [6.45, 7) is 1.84. The summed E-state index contributed by atoms with van der Waals surface area (Å²) in [5, 5.41) is 13.6. The lowest BCUT2D eigenvalue weighted by atomic mass is 10.2. The van der Waals surface area contributed by atoms with Gasteiger partial charge in [0.2, 0.25) is 5.91 Å². The van der Waals surface area contributed by atoms with E-state index in [1.807, 2.05) is 0 Å². The van der Waals surface area contributed by atoms with Crippen LogP contribution in [0.2, 0.25) is 0 Å². The van der Waals surface area contributed by atoms with E-state index in [2.05, 4.69) is 10.6 Å². The zero-order valence-corrected chi connectivity index (χ0v) is 10.00. The van der Waals surface area contributed by atoms with Crippen molar-refractivity contribution in [3.05, 3.63) is 29.6 Å². The summed E-state index contributed by atoms with van der Waals surface area (Å²) >= 11 is 0. The van der Waals surface area contributed by atoms with Crippen molar-refractivity contribution < 1.29 is 19.1 Å². The van der Waals surface area contributed by atoms with Gasteiger partial charge in [0, 0.05) is 12.2 Å². The normalized spacial score (nSPS) is 10.1. The van der Waals surface area contributed by atoms with Crippen molar-refractivity contribution in [2.75, 3.05) is 18.4 Å². The van der Waals surface area contributed by atoms with Crippen LogP contribution in [0.3, 0.4) is 0 Å². The minimum atomic E-state index is -0.927. The fraction of sp³-hybridized carbons (Fsp3) is 0.333. The molecule has 0 aliphatic rings. The zero-order valence-electron chi connectivity index (χ0n) is 10.00. The highest BCUT2D eigenvalue weighted by Crippen LogP contribution is 2.13. The molecule has 0 aliphatic heterocycles. The smallest absolute Gasteiger partial charge is 0.304 e. The SMILES string of the molecule is Cc1ccc(NC(=O)CNCCC(=O)O)cc1F. The Kier molecular flexibility index (Phi) is 5.26. The summed E-state index contributed by atoms with van der Waals surface area (Å²) in [6.07, 6.45) is -0.0492. The van der Waals surface area contributed by atoms with Crippen LogP contribution in [0.1, 0.15) is 12.0 Å². The molecule has 0 heterocycles. The first-order chi connectivity index (χ1) is 8.49. The van der Waals surface area contributed by atoms with Gasteiger partial charge in [-0.1, -0.05) is 6.07 Å². The van der Waals surface area contributed by atoms with E-state index in [-0.39, 0.29) is 31.2 Å². The first-order valence-electron chi connectivity index (χ1n) is 5.47. The number of hydrogen-bond donors (Lipinski definition) is 3. The first-order valence-corrected chi connectivity index (χ1v) is 5.47. The van der Waals surface area contributed by atoms with E-state index in [9.17, 15) is 14.0 Å². The van der Waals surface area contributed by atoms with Crippen molar-refractivity contribution in [3.8, 4) is 0 Å². The number of aryl methyl sites for hydroxylation is 1. The molecule has 0 aromatic heterocycles. The van der Waals surface area contributed by atoms with Gasteiger partial charge >= 0.3 is 5.97 Å². The third-order valence-corrected chi connectivity index (χ3v) is 2.26. The second kappa shape index (κ2) is 6.70. The molecule has 5 nitrogen and oxygen atoms in total. The molecular formula is C12H15FN2O3. The van der Waals surface area contributed by atoms with Crippen LogP contribution in [0.25, 0.3) is 0 Å². The van der Waals surface area contributed by atoms with Crippen molar-refractivity contribution in [1.29, 1.82) is 0 Å². The molecule has 1 aromatic carbocycles. The lowest BCUT2D eigenvalue weighted by Crippen LogP contribution is -2.29. The molecule has 1 rings (SSSR count). The van der Waals surface area contributed by atoms with Gasteiger partial charge in [-0.15, -0.1) is 0 Å². The Hall–Kier alpha value is -1.95. The van der Waals surface area contributed by atoms with Crippen molar-refractivity contribution in [2.24, 2.45) is 0 Å². The molecule has 18 heavy (non-hydrogen) atoms. The van der Waals surface area contributed by atoms with E-state index in [1.54, 1.807) is 19.1 Å². The molecule has 1 aromatic rings. The Labute approximate surface area is 104 Å². The molecule has 0 saturated heterocycles. The van der Waals surface area contributed by atoms with Crippen LogP contribution in [0.5, 0.6) is 0 Å². The predicted octanol–water partition coefficient (Wildman–Crippen LogP) is 1.14. The number of nitrogens with one attached hydrogen (secondary N) is 2. The Morgan fingerprint density at radius 3 is 2.72 bits per heavy atom. The average Bonchev–Trinajstić information content (AvgIpc) is 2.29. The van der Waals surface area contributed by atoms with E-state index in [1.165, 1.54) is 6.07 Å². The Balaban J connectivity index is 2.35. The summed E-state index contributed by atoms with van der Waals surface area (Å²) in [5.74, 6) is -1.65. The van der Waals surface area contributed by atoms with Gasteiger partial charge in [0.15, 0.2) is 0 Å². The van der Waals surface area contributed by atoms with Crippen LogP contribution in [0.4, 0.5) is 10.1 Å². The number of carbonyl (C=O) groups excluding carboxylic acids is 1. The van der Waals surface area contributed by atoms with Crippen LogP contribution in [-0.4, -0.2) is 30.1 Å². The van der Waals surface area contributed by atoms with Crippen LogP contribution in [-0.2, 0) is 9.59 Å². The molecule has 6 heteroatoms. The van der Waals surface area contributed by atoms with E-state index >= 15 is 0 Å². The summed E-state index contributed by atoms with van der Waals surface area (Å²) in [5.41, 5.74) is 0.885. The number of aliphatic carboxylic acids is 1. The number of benzene rings is 1. The molecule has 0 radical (unpaired) electrons. The topological polar surface area (TPSA) is 78.4 Å². The standard InChI is InChI=1S/C12H15FN2O3/c1-8-2-3-9(6-10(8)13)15-11(16)7-14-5-4-12(17)18/h2-3,6,14H,4-5,7H2,1H3,(H,15,16)(H,17,18). The first kappa shape index (κ1) is 14.1. The van der Waals surface area contributed by atoms with Crippen LogP contribution >= 0.6 is 0 Å². The molecule has 1 amide bonds. The number of rotatable bonds is 6. The minimum absolute atomic E-state index is 0.0111. The van der Waals surface area contributed by atoms with Gasteiger partial charge in [0.05, 0.1) is 13.0 Å². The number of halogens is 1. The molecule has 0 aliphatic carbocycles. The maximum absolute atomic E-state index is 13.2. The Morgan fingerprint density at radius 1 is 1.39 bits per heavy atom. The predicted molar refractivity (Wildman–Crippen MR) is 64.9 cm³/mol. The highest BCUT2D eigenvalue weighted by Gasteiger charge is 2.04. The maximum Gasteiger partial charge on any atom is 0.304 e. The van der Waals surface area contributed by atoms with Gasteiger partial charge in [0.1, 0.15) is 5.82 Å². The van der Waals surface area contributed by atoms with Gasteiger partial charge in [-0.05, 0) is 24.6 Å². The van der Waals surface area contributed by atoms with E-state index in [0.717, 1.165) is 0 Å². The molecule has 0 saturated carbocycles. The van der Waals surface area contributed by atoms with Gasteiger partial charge in [0.25, 0.3) is 0 Å². The van der Waals surface area contributed by atoms with Crippen molar-refractivity contribution in [3.63, 3.8) is 0 Å². The van der Waals surface area contributed by atoms with Gasteiger partial charge < -0.3 is 15.7 Å². The van der Waals surface area contributed by atoms with Gasteiger partial charge in [-0.2, -0.15) is 0 Å². The van der Waals surface area contributed by atoms with E-state index in [0.29, 0.717) is 11.3 Å². The Bertz CT molecular complexity index is 449. The van der Waals surface area contributed by atoms with Crippen LogP contribution in [0.15, 0.2) is 18.2 Å². The third kappa shape index (κ3) is 4.92.